The number of nitrogens with one attached hydrogen (secondary N) is 1. The smallest absolute Gasteiger partial charge is 0.411 e. The molecular formula is C33H26F5N5O5. The van der Waals surface area contributed by atoms with Gasteiger partial charge in [-0.25, -0.2) is 13.6 Å². The molecule has 4 heterocycles. The maximum Gasteiger partial charge on any atom is 0.411 e. The van der Waals surface area contributed by atoms with E-state index < -0.39 is 59.6 Å². The van der Waals surface area contributed by atoms with Crippen LogP contribution in [0.5, 0.6) is 0 Å². The molecule has 0 bridgehead atoms. The van der Waals surface area contributed by atoms with Gasteiger partial charge in [0.1, 0.15) is 29.3 Å². The van der Waals surface area contributed by atoms with Crippen molar-refractivity contribution in [3.05, 3.63) is 100 Å². The first-order valence-electron chi connectivity index (χ1n) is 14.6. The van der Waals surface area contributed by atoms with E-state index in [0.717, 1.165) is 4.90 Å². The van der Waals surface area contributed by atoms with Gasteiger partial charge in [0, 0.05) is 60.6 Å². The summed E-state index contributed by atoms with van der Waals surface area (Å²) in [5, 5.41) is 13.3. The van der Waals surface area contributed by atoms with Crippen molar-refractivity contribution in [2.24, 2.45) is 7.05 Å². The predicted octanol–water partition coefficient (Wildman–Crippen LogP) is 4.62. The molecule has 15 heteroatoms. The number of nitrogens with zero attached hydrogens (tertiary/aromatic N) is 4. The van der Waals surface area contributed by atoms with E-state index in [9.17, 15) is 32.7 Å². The summed E-state index contributed by atoms with van der Waals surface area (Å²) < 4.78 is 77.3. The summed E-state index contributed by atoms with van der Waals surface area (Å²) in [6, 6.07) is 7.20. The van der Waals surface area contributed by atoms with Gasteiger partial charge in [0.25, 0.3) is 11.5 Å². The average molecular weight is 668 g/mol. The number of halogens is 5. The Morgan fingerprint density at radius 2 is 1.83 bits per heavy atom. The predicted molar refractivity (Wildman–Crippen MR) is 165 cm³/mol. The van der Waals surface area contributed by atoms with Gasteiger partial charge in [0.05, 0.1) is 29.8 Å². The first-order valence-corrected chi connectivity index (χ1v) is 14.6. The average Bonchev–Trinajstić information content (AvgIpc) is 3.05. The molecule has 1 aliphatic rings. The van der Waals surface area contributed by atoms with Crippen molar-refractivity contribution in [2.45, 2.75) is 24.7 Å². The summed E-state index contributed by atoms with van der Waals surface area (Å²) in [5.41, 5.74) is 0.333. The van der Waals surface area contributed by atoms with Crippen LogP contribution < -0.4 is 15.8 Å². The molecule has 2 atom stereocenters. The number of carboxylic acid groups (broad SMARTS) is 1. The largest absolute Gasteiger partial charge is 0.480 e. The minimum atomic E-state index is -4.75. The molecule has 5 aromatic rings. The normalized spacial score (nSPS) is 15.9. The highest BCUT2D eigenvalue weighted by atomic mass is 19.4. The van der Waals surface area contributed by atoms with E-state index in [0.29, 0.717) is 50.6 Å². The summed E-state index contributed by atoms with van der Waals surface area (Å²) in [6.45, 7) is -1.15. The molecule has 0 saturated carbocycles. The monoisotopic (exact) mass is 667 g/mol. The number of pyridine rings is 3. The standard InChI is InChI=1S/C33H26F5N5O5/c1-42-26-6-8-39-15-18(26)11-22(31(42)45)21-5-4-17(20-3-2-7-40-29(20)21)12-25(32(46)47)41-30(44)28-23(34)13-19(14-24(28)35)43-9-10-48-16-27(43)33(36,37)38/h2-8,11,13-15,25,27H,9-10,12,16H2,1H3,(H,41,44)(H,46,47)/t25-,27?/m0/s1. The lowest BCUT2D eigenvalue weighted by atomic mass is 9.95. The number of aromatic nitrogens is 3. The third kappa shape index (κ3) is 6.03. The molecular weight excluding hydrogens is 641 g/mol. The number of carboxylic acids is 1. The Labute approximate surface area is 268 Å². The lowest BCUT2D eigenvalue weighted by molar-refractivity contribution is -0.167. The molecule has 10 nitrogen and oxygen atoms in total. The summed E-state index contributed by atoms with van der Waals surface area (Å²) in [4.78, 5) is 48.0. The molecule has 1 fully saturated rings. The number of rotatable bonds is 7. The Balaban J connectivity index is 1.30. The molecule has 1 saturated heterocycles. The number of morpholine rings is 1. The number of hydrogen-bond acceptors (Lipinski definition) is 7. The Hall–Kier alpha value is -5.44. The van der Waals surface area contributed by atoms with E-state index in [1.165, 1.54) is 10.8 Å². The van der Waals surface area contributed by atoms with Crippen molar-refractivity contribution >= 4 is 39.4 Å². The fourth-order valence-electron chi connectivity index (χ4n) is 5.92. The molecule has 1 unspecified atom stereocenters. The van der Waals surface area contributed by atoms with Gasteiger partial charge in [0.2, 0.25) is 0 Å². The molecule has 1 amide bonds. The summed E-state index contributed by atoms with van der Waals surface area (Å²) >= 11 is 0. The maximum absolute atomic E-state index is 15.2. The third-order valence-electron chi connectivity index (χ3n) is 8.29. The van der Waals surface area contributed by atoms with E-state index in [1.807, 2.05) is 0 Å². The van der Waals surface area contributed by atoms with Gasteiger partial charge in [-0.15, -0.1) is 0 Å². The first kappa shape index (κ1) is 32.5. The number of ether oxygens (including phenoxy) is 1. The number of amides is 1. The molecule has 248 valence electrons. The number of carbonyl (C=O) groups is 2. The van der Waals surface area contributed by atoms with Crippen molar-refractivity contribution < 1.29 is 41.4 Å². The van der Waals surface area contributed by atoms with Gasteiger partial charge >= 0.3 is 12.1 Å². The zero-order valence-electron chi connectivity index (χ0n) is 25.1. The van der Waals surface area contributed by atoms with E-state index in [-0.39, 0.29) is 25.1 Å². The van der Waals surface area contributed by atoms with Gasteiger partial charge in [-0.05, 0) is 35.9 Å². The van der Waals surface area contributed by atoms with Crippen molar-refractivity contribution in [3.8, 4) is 11.1 Å². The second-order valence-corrected chi connectivity index (χ2v) is 11.2. The second-order valence-electron chi connectivity index (χ2n) is 11.2. The topological polar surface area (TPSA) is 127 Å². The van der Waals surface area contributed by atoms with Gasteiger partial charge in [-0.1, -0.05) is 18.2 Å². The Kier molecular flexibility index (Phi) is 8.55. The quantitative estimate of drug-likeness (QED) is 0.241. The van der Waals surface area contributed by atoms with E-state index in [2.05, 4.69) is 15.3 Å². The van der Waals surface area contributed by atoms with Crippen molar-refractivity contribution in [1.82, 2.24) is 19.9 Å². The number of carbonyl (C=O) groups excluding carboxylic acids is 1. The Morgan fingerprint density at radius 1 is 1.08 bits per heavy atom. The van der Waals surface area contributed by atoms with Crippen LogP contribution in [0.25, 0.3) is 32.9 Å². The lowest BCUT2D eigenvalue weighted by Crippen LogP contribution is -2.53. The van der Waals surface area contributed by atoms with Gasteiger partial charge in [-0.2, -0.15) is 13.2 Å². The van der Waals surface area contributed by atoms with Crippen LogP contribution in [0.4, 0.5) is 27.6 Å². The van der Waals surface area contributed by atoms with Crippen molar-refractivity contribution in [2.75, 3.05) is 24.7 Å². The fraction of sp³-hybridized carbons (Fsp3) is 0.242. The molecule has 0 radical (unpaired) electrons. The van der Waals surface area contributed by atoms with Crippen LogP contribution in [0.2, 0.25) is 0 Å². The zero-order chi connectivity index (χ0) is 34.3. The molecule has 48 heavy (non-hydrogen) atoms. The van der Waals surface area contributed by atoms with Crippen molar-refractivity contribution in [1.29, 1.82) is 0 Å². The minimum Gasteiger partial charge on any atom is -0.480 e. The van der Waals surface area contributed by atoms with Gasteiger partial charge in [0.15, 0.2) is 0 Å². The van der Waals surface area contributed by atoms with E-state index >= 15 is 8.78 Å². The molecule has 0 spiro atoms. The van der Waals surface area contributed by atoms with Crippen LogP contribution in [0.3, 0.4) is 0 Å². The lowest BCUT2D eigenvalue weighted by Gasteiger charge is -2.38. The minimum absolute atomic E-state index is 0.111. The third-order valence-corrected chi connectivity index (χ3v) is 8.29. The first-order chi connectivity index (χ1) is 22.8. The zero-order valence-corrected chi connectivity index (χ0v) is 25.1. The van der Waals surface area contributed by atoms with E-state index in [4.69, 9.17) is 4.74 Å². The highest BCUT2D eigenvalue weighted by Crippen LogP contribution is 2.33. The number of aryl methyl sites for hydroxylation is 1. The van der Waals surface area contributed by atoms with Gasteiger partial charge in [-0.3, -0.25) is 19.6 Å². The van der Waals surface area contributed by atoms with Gasteiger partial charge < -0.3 is 24.6 Å². The number of fused-ring (bicyclic) bond motifs is 2. The molecule has 3 aromatic heterocycles. The molecule has 2 aromatic carbocycles. The Bertz CT molecular complexity index is 2110. The molecule has 6 rings (SSSR count). The number of benzene rings is 2. The maximum atomic E-state index is 15.2. The molecule has 0 aliphatic carbocycles. The van der Waals surface area contributed by atoms with Crippen molar-refractivity contribution in [3.63, 3.8) is 0 Å². The van der Waals surface area contributed by atoms with Crippen LogP contribution in [0, 0.1) is 11.6 Å². The van der Waals surface area contributed by atoms with Crippen LogP contribution >= 0.6 is 0 Å². The highest BCUT2D eigenvalue weighted by Gasteiger charge is 2.46. The number of aliphatic carboxylic acids is 1. The van der Waals surface area contributed by atoms with Crippen LogP contribution in [0.1, 0.15) is 15.9 Å². The van der Waals surface area contributed by atoms with Crippen LogP contribution in [-0.4, -0.2) is 69.5 Å². The van der Waals surface area contributed by atoms with Crippen LogP contribution in [-0.2, 0) is 23.0 Å². The summed E-state index contributed by atoms with van der Waals surface area (Å²) in [7, 11) is 1.62. The summed E-state index contributed by atoms with van der Waals surface area (Å²) in [6.07, 6.45) is -0.407. The second kappa shape index (κ2) is 12.6. The Morgan fingerprint density at radius 3 is 2.54 bits per heavy atom. The molecule has 2 N–H and O–H groups in total. The SMILES string of the molecule is Cn1c(=O)c(-c2ccc(C[C@H](NC(=O)c3c(F)cc(N4CCOCC4C(F)(F)F)cc3F)C(=O)O)c3cccnc23)cc2cnccc21. The highest BCUT2D eigenvalue weighted by molar-refractivity contribution is 5.99. The van der Waals surface area contributed by atoms with E-state index in [1.54, 1.807) is 55.8 Å². The van der Waals surface area contributed by atoms with Crippen LogP contribution in [0.15, 0.2) is 71.9 Å². The summed E-state index contributed by atoms with van der Waals surface area (Å²) in [5.74, 6) is -5.86. The number of alkyl halides is 3. The molecule has 1 aliphatic heterocycles. The number of anilines is 1. The fourth-order valence-corrected chi connectivity index (χ4v) is 5.92. The number of hydrogen-bond donors (Lipinski definition) is 2.